The molecular formula is C20H21BrN2O4. The van der Waals surface area contributed by atoms with Crippen molar-refractivity contribution in [1.29, 1.82) is 0 Å². The van der Waals surface area contributed by atoms with Gasteiger partial charge in [-0.3, -0.25) is 9.59 Å². The highest BCUT2D eigenvalue weighted by Gasteiger charge is 2.40. The molecule has 1 aromatic heterocycles. The van der Waals surface area contributed by atoms with Gasteiger partial charge in [-0.1, -0.05) is 30.3 Å². The van der Waals surface area contributed by atoms with Crippen molar-refractivity contribution in [1.82, 2.24) is 9.47 Å². The fourth-order valence-corrected chi connectivity index (χ4v) is 4.17. The Morgan fingerprint density at radius 1 is 1.26 bits per heavy atom. The van der Waals surface area contributed by atoms with Gasteiger partial charge in [0.1, 0.15) is 6.61 Å². The summed E-state index contributed by atoms with van der Waals surface area (Å²) in [6.07, 6.45) is 0. The van der Waals surface area contributed by atoms with Crippen molar-refractivity contribution in [2.45, 2.75) is 39.1 Å². The Hall–Kier alpha value is -2.12. The second-order valence-electron chi connectivity index (χ2n) is 7.13. The number of pyridine rings is 1. The van der Waals surface area contributed by atoms with Crippen LogP contribution in [-0.2, 0) is 18.0 Å². The molecule has 1 aromatic carbocycles. The Labute approximate surface area is 165 Å². The number of aromatic nitrogens is 1. The van der Waals surface area contributed by atoms with Crippen LogP contribution in [0, 0.1) is 0 Å². The average molecular weight is 433 g/mol. The maximum absolute atomic E-state index is 13.2. The van der Waals surface area contributed by atoms with Crippen LogP contribution in [0.5, 0.6) is 5.75 Å². The number of hydrogen-bond donors (Lipinski definition) is 0. The van der Waals surface area contributed by atoms with Crippen LogP contribution in [0.4, 0.5) is 0 Å². The normalized spacial score (nSPS) is 18.6. The van der Waals surface area contributed by atoms with Gasteiger partial charge in [0.15, 0.2) is 11.4 Å². The molecule has 142 valence electrons. The van der Waals surface area contributed by atoms with E-state index in [1.54, 1.807) is 4.90 Å². The van der Waals surface area contributed by atoms with Gasteiger partial charge in [-0.15, -0.1) is 0 Å². The van der Waals surface area contributed by atoms with Gasteiger partial charge in [0.2, 0.25) is 5.43 Å². The molecule has 0 bridgehead atoms. The average Bonchev–Trinajstić information content (AvgIpc) is 2.67. The Bertz CT molecular complexity index is 939. The zero-order chi connectivity index (χ0) is 19.1. The first-order valence-corrected chi connectivity index (χ1v) is 9.80. The largest absolute Gasteiger partial charge is 0.483 e. The van der Waals surface area contributed by atoms with Crippen LogP contribution in [-0.4, -0.2) is 34.6 Å². The summed E-state index contributed by atoms with van der Waals surface area (Å²) in [6, 6.07) is 9.60. The van der Waals surface area contributed by atoms with Gasteiger partial charge >= 0.3 is 0 Å². The standard InChI is InChI=1S/C20H21BrN2O4/c1-12(2)22-8-14-10-26-11-15-16(21)18(24)19(17(20(22)25)23(14)15)27-9-13-6-4-3-5-7-13/h3-7,12,14H,8-11H2,1-2H3. The number of nitrogens with zero attached hydrogens (tertiary/aromatic N) is 2. The summed E-state index contributed by atoms with van der Waals surface area (Å²) in [4.78, 5) is 28.0. The SMILES string of the molecule is CC(C)N1CC2COCc3c(Br)c(=O)c(OCc4ccccc4)c(n32)C1=O. The lowest BCUT2D eigenvalue weighted by molar-refractivity contribution is 0.0191. The van der Waals surface area contributed by atoms with E-state index in [-0.39, 0.29) is 35.8 Å². The number of carbonyl (C=O) groups excluding carboxylic acids is 1. The summed E-state index contributed by atoms with van der Waals surface area (Å²) in [5.74, 6) is -0.0613. The summed E-state index contributed by atoms with van der Waals surface area (Å²) < 4.78 is 14.0. The van der Waals surface area contributed by atoms with Crippen molar-refractivity contribution >= 4 is 21.8 Å². The zero-order valence-electron chi connectivity index (χ0n) is 15.3. The molecule has 1 unspecified atom stereocenters. The number of amides is 1. The minimum Gasteiger partial charge on any atom is -0.483 e. The van der Waals surface area contributed by atoms with E-state index in [4.69, 9.17) is 9.47 Å². The summed E-state index contributed by atoms with van der Waals surface area (Å²) >= 11 is 3.40. The molecule has 3 heterocycles. The molecule has 0 spiro atoms. The van der Waals surface area contributed by atoms with Crippen molar-refractivity contribution < 1.29 is 14.3 Å². The van der Waals surface area contributed by atoms with E-state index in [1.165, 1.54) is 0 Å². The second-order valence-corrected chi connectivity index (χ2v) is 7.93. The molecule has 27 heavy (non-hydrogen) atoms. The summed E-state index contributed by atoms with van der Waals surface area (Å²) in [7, 11) is 0. The number of halogens is 1. The van der Waals surface area contributed by atoms with Crippen molar-refractivity contribution in [3.8, 4) is 5.75 Å². The topological polar surface area (TPSA) is 60.8 Å². The molecule has 0 saturated carbocycles. The molecule has 7 heteroatoms. The van der Waals surface area contributed by atoms with Gasteiger partial charge in [0, 0.05) is 12.6 Å². The zero-order valence-corrected chi connectivity index (χ0v) is 16.9. The van der Waals surface area contributed by atoms with Crippen LogP contribution in [0.1, 0.15) is 41.6 Å². The third-order valence-corrected chi connectivity index (χ3v) is 5.86. The minimum atomic E-state index is -0.310. The molecule has 4 rings (SSSR count). The van der Waals surface area contributed by atoms with Crippen LogP contribution >= 0.6 is 15.9 Å². The molecule has 0 radical (unpaired) electrons. The molecule has 1 amide bonds. The molecule has 0 saturated heterocycles. The first-order valence-electron chi connectivity index (χ1n) is 9.01. The number of benzene rings is 1. The lowest BCUT2D eigenvalue weighted by atomic mass is 10.1. The van der Waals surface area contributed by atoms with Crippen molar-refractivity contribution in [3.63, 3.8) is 0 Å². The lowest BCUT2D eigenvalue weighted by Crippen LogP contribution is -2.51. The van der Waals surface area contributed by atoms with Crippen LogP contribution in [0.15, 0.2) is 39.6 Å². The van der Waals surface area contributed by atoms with Crippen LogP contribution in [0.3, 0.4) is 0 Å². The Balaban J connectivity index is 1.84. The molecular weight excluding hydrogens is 412 g/mol. The fourth-order valence-electron chi connectivity index (χ4n) is 3.68. The highest BCUT2D eigenvalue weighted by Crippen LogP contribution is 2.35. The smallest absolute Gasteiger partial charge is 0.274 e. The molecule has 2 aliphatic rings. The molecule has 0 aliphatic carbocycles. The van der Waals surface area contributed by atoms with E-state index >= 15 is 0 Å². The molecule has 0 fully saturated rings. The van der Waals surface area contributed by atoms with Crippen LogP contribution in [0.25, 0.3) is 0 Å². The summed E-state index contributed by atoms with van der Waals surface area (Å²) in [6.45, 7) is 5.53. The number of rotatable bonds is 4. The predicted octanol–water partition coefficient (Wildman–Crippen LogP) is 3.13. The fraction of sp³-hybridized carbons (Fsp3) is 0.400. The van der Waals surface area contributed by atoms with Crippen LogP contribution in [0.2, 0.25) is 0 Å². The van der Waals surface area contributed by atoms with Gasteiger partial charge in [-0.25, -0.2) is 0 Å². The van der Waals surface area contributed by atoms with Gasteiger partial charge in [0.05, 0.1) is 29.4 Å². The van der Waals surface area contributed by atoms with E-state index in [2.05, 4.69) is 15.9 Å². The molecule has 2 aliphatic heterocycles. The molecule has 2 aromatic rings. The van der Waals surface area contributed by atoms with E-state index in [0.717, 1.165) is 5.56 Å². The Kier molecular flexibility index (Phi) is 4.82. The van der Waals surface area contributed by atoms with Crippen molar-refractivity contribution in [2.24, 2.45) is 0 Å². The predicted molar refractivity (Wildman–Crippen MR) is 104 cm³/mol. The molecule has 1 atom stereocenters. The maximum atomic E-state index is 13.2. The van der Waals surface area contributed by atoms with E-state index in [1.807, 2.05) is 48.7 Å². The van der Waals surface area contributed by atoms with E-state index in [0.29, 0.717) is 35.6 Å². The van der Waals surface area contributed by atoms with Gasteiger partial charge in [-0.05, 0) is 35.3 Å². The first kappa shape index (κ1) is 18.3. The number of carbonyl (C=O) groups is 1. The lowest BCUT2D eigenvalue weighted by Gasteiger charge is -2.42. The van der Waals surface area contributed by atoms with E-state index in [9.17, 15) is 9.59 Å². The first-order chi connectivity index (χ1) is 13.0. The quantitative estimate of drug-likeness (QED) is 0.744. The third-order valence-electron chi connectivity index (χ3n) is 5.04. The number of ether oxygens (including phenoxy) is 2. The van der Waals surface area contributed by atoms with Crippen molar-refractivity contribution in [3.05, 3.63) is 62.0 Å². The van der Waals surface area contributed by atoms with Crippen molar-refractivity contribution in [2.75, 3.05) is 13.2 Å². The highest BCUT2D eigenvalue weighted by atomic mass is 79.9. The highest BCUT2D eigenvalue weighted by molar-refractivity contribution is 9.10. The van der Waals surface area contributed by atoms with Gasteiger partial charge < -0.3 is 18.9 Å². The van der Waals surface area contributed by atoms with Crippen LogP contribution < -0.4 is 10.2 Å². The van der Waals surface area contributed by atoms with Gasteiger partial charge in [-0.2, -0.15) is 0 Å². The molecule has 6 nitrogen and oxygen atoms in total. The maximum Gasteiger partial charge on any atom is 0.274 e. The third kappa shape index (κ3) is 3.08. The monoisotopic (exact) mass is 432 g/mol. The number of hydrogen-bond acceptors (Lipinski definition) is 4. The summed E-state index contributed by atoms with van der Waals surface area (Å²) in [5, 5.41) is 0. The summed E-state index contributed by atoms with van der Waals surface area (Å²) in [5.41, 5.74) is 1.67. The minimum absolute atomic E-state index is 0.0253. The Morgan fingerprint density at radius 3 is 2.70 bits per heavy atom. The molecule has 0 N–H and O–H groups in total. The van der Waals surface area contributed by atoms with Gasteiger partial charge in [0.25, 0.3) is 5.91 Å². The second kappa shape index (κ2) is 7.13. The van der Waals surface area contributed by atoms with E-state index < -0.39 is 0 Å². The Morgan fingerprint density at radius 2 is 2.00 bits per heavy atom.